The molecular weight excluding hydrogens is 296 g/mol. The zero-order chi connectivity index (χ0) is 16.6. The van der Waals surface area contributed by atoms with Gasteiger partial charge in [-0.2, -0.15) is 0 Å². The molecule has 0 fully saturated rings. The summed E-state index contributed by atoms with van der Waals surface area (Å²) in [6.45, 7) is 0. The Kier molecular flexibility index (Phi) is 4.03. The highest BCUT2D eigenvalue weighted by atomic mass is 16.4. The molecule has 118 valence electrons. The van der Waals surface area contributed by atoms with E-state index in [0.717, 1.165) is 0 Å². The van der Waals surface area contributed by atoms with E-state index in [1.54, 1.807) is 0 Å². The first kappa shape index (κ1) is 15.7. The lowest BCUT2D eigenvalue weighted by Gasteiger charge is -2.33. The lowest BCUT2D eigenvalue weighted by Crippen LogP contribution is -2.37. The van der Waals surface area contributed by atoms with Crippen LogP contribution in [0.4, 0.5) is 0 Å². The number of rotatable bonds is 4. The molecular formula is C14H14O8. The molecule has 0 spiro atoms. The number of allylic oxidation sites excluding steroid dienone is 2. The lowest BCUT2D eigenvalue weighted by molar-refractivity contribution is -0.152. The van der Waals surface area contributed by atoms with Crippen molar-refractivity contribution in [3.63, 3.8) is 0 Å². The molecule has 22 heavy (non-hydrogen) atoms. The van der Waals surface area contributed by atoms with Gasteiger partial charge in [0.05, 0.1) is 23.7 Å². The number of hydrogen-bond acceptors (Lipinski definition) is 4. The molecule has 4 atom stereocenters. The number of hydrogen-bond donors (Lipinski definition) is 4. The van der Waals surface area contributed by atoms with E-state index in [0.29, 0.717) is 11.1 Å². The van der Waals surface area contributed by atoms with Gasteiger partial charge in [-0.25, -0.2) is 0 Å². The Morgan fingerprint density at radius 2 is 1.00 bits per heavy atom. The first-order chi connectivity index (χ1) is 10.2. The Labute approximate surface area is 124 Å². The second kappa shape index (κ2) is 5.63. The van der Waals surface area contributed by atoms with Crippen molar-refractivity contribution in [1.29, 1.82) is 0 Å². The lowest BCUT2D eigenvalue weighted by atomic mass is 9.69. The summed E-state index contributed by atoms with van der Waals surface area (Å²) in [6.07, 6.45) is 2.25. The maximum Gasteiger partial charge on any atom is 0.311 e. The fourth-order valence-electron chi connectivity index (χ4n) is 2.97. The Morgan fingerprint density at radius 3 is 1.23 bits per heavy atom. The standard InChI is InChI=1S/C14H14O8/c15-11(16)7-1-5-2-9(13(19)20)10(14(21)22)4-6(5)3-8(7)12(17)18/h1,4,7-10H,2-3H2,(H,15,16)(H,17,18)(H,19,20)(H,21,22). The van der Waals surface area contributed by atoms with E-state index in [-0.39, 0.29) is 12.8 Å². The van der Waals surface area contributed by atoms with E-state index in [2.05, 4.69) is 0 Å². The molecule has 8 heteroatoms. The summed E-state index contributed by atoms with van der Waals surface area (Å²) in [5.41, 5.74) is 0.824. The van der Waals surface area contributed by atoms with Crippen LogP contribution in [0.2, 0.25) is 0 Å². The van der Waals surface area contributed by atoms with Crippen molar-refractivity contribution >= 4 is 23.9 Å². The SMILES string of the molecule is O=C(O)C1C=C2CC(C(=O)O)C(C(=O)O)C=C2CC1C(=O)O. The fraction of sp³-hybridized carbons (Fsp3) is 0.429. The van der Waals surface area contributed by atoms with Gasteiger partial charge in [-0.15, -0.1) is 0 Å². The second-order valence-electron chi connectivity index (χ2n) is 5.41. The molecule has 0 saturated heterocycles. The minimum Gasteiger partial charge on any atom is -0.481 e. The summed E-state index contributed by atoms with van der Waals surface area (Å²) < 4.78 is 0. The van der Waals surface area contributed by atoms with E-state index in [1.807, 2.05) is 0 Å². The Hall–Kier alpha value is -2.64. The van der Waals surface area contributed by atoms with Gasteiger partial charge in [0.15, 0.2) is 0 Å². The van der Waals surface area contributed by atoms with Crippen LogP contribution in [0.1, 0.15) is 12.8 Å². The van der Waals surface area contributed by atoms with Crippen molar-refractivity contribution in [2.75, 3.05) is 0 Å². The number of fused-ring (bicyclic) bond motifs is 1. The minimum atomic E-state index is -1.30. The molecule has 2 aliphatic rings. The Bertz CT molecular complexity index is 560. The topological polar surface area (TPSA) is 149 Å². The summed E-state index contributed by atoms with van der Waals surface area (Å²) in [6, 6.07) is 0. The van der Waals surface area contributed by atoms with Crippen molar-refractivity contribution in [2.45, 2.75) is 12.8 Å². The molecule has 0 heterocycles. The quantitative estimate of drug-likeness (QED) is 0.584. The highest BCUT2D eigenvalue weighted by Gasteiger charge is 2.43. The first-order valence-corrected chi connectivity index (χ1v) is 6.55. The molecule has 8 nitrogen and oxygen atoms in total. The number of carboxylic acids is 4. The Balaban J connectivity index is 2.46. The average Bonchev–Trinajstić information content (AvgIpc) is 2.43. The summed E-state index contributed by atoms with van der Waals surface area (Å²) in [4.78, 5) is 44.8. The highest BCUT2D eigenvalue weighted by Crippen LogP contribution is 2.42. The number of aliphatic carboxylic acids is 4. The van der Waals surface area contributed by atoms with Crippen LogP contribution in [0.15, 0.2) is 23.3 Å². The van der Waals surface area contributed by atoms with Gasteiger partial charge in [-0.05, 0) is 24.0 Å². The van der Waals surface area contributed by atoms with Gasteiger partial charge in [0.1, 0.15) is 0 Å². The van der Waals surface area contributed by atoms with Crippen molar-refractivity contribution in [1.82, 2.24) is 0 Å². The van der Waals surface area contributed by atoms with Gasteiger partial charge in [0, 0.05) is 0 Å². The van der Waals surface area contributed by atoms with E-state index < -0.39 is 47.5 Å². The largest absolute Gasteiger partial charge is 0.481 e. The van der Waals surface area contributed by atoms with E-state index >= 15 is 0 Å². The summed E-state index contributed by atoms with van der Waals surface area (Å²) in [5.74, 6) is -10.0. The normalized spacial score (nSPS) is 30.5. The molecule has 0 radical (unpaired) electrons. The van der Waals surface area contributed by atoms with Gasteiger partial charge >= 0.3 is 23.9 Å². The minimum absolute atomic E-state index is 0.117. The highest BCUT2D eigenvalue weighted by molar-refractivity contribution is 5.85. The summed E-state index contributed by atoms with van der Waals surface area (Å²) >= 11 is 0. The number of carbonyl (C=O) groups is 4. The van der Waals surface area contributed by atoms with Gasteiger partial charge in [0.2, 0.25) is 0 Å². The Morgan fingerprint density at radius 1 is 0.682 bits per heavy atom. The third kappa shape index (κ3) is 2.72. The third-order valence-electron chi connectivity index (χ3n) is 4.13. The molecule has 0 aliphatic heterocycles. The molecule has 2 aliphatic carbocycles. The van der Waals surface area contributed by atoms with Crippen LogP contribution in [0, 0.1) is 23.7 Å². The predicted octanol–water partition coefficient (Wildman–Crippen LogP) is 0.450. The molecule has 0 aromatic heterocycles. The summed E-state index contributed by atoms with van der Waals surface area (Å²) in [5, 5.41) is 36.5. The zero-order valence-corrected chi connectivity index (χ0v) is 11.3. The van der Waals surface area contributed by atoms with Crippen LogP contribution in [0.3, 0.4) is 0 Å². The molecule has 0 aromatic carbocycles. The van der Waals surface area contributed by atoms with Crippen molar-refractivity contribution in [3.8, 4) is 0 Å². The molecule has 0 amide bonds. The van der Waals surface area contributed by atoms with Gasteiger partial charge in [-0.3, -0.25) is 19.2 Å². The second-order valence-corrected chi connectivity index (χ2v) is 5.41. The molecule has 0 saturated carbocycles. The van der Waals surface area contributed by atoms with Gasteiger partial charge < -0.3 is 20.4 Å². The maximum atomic E-state index is 11.2. The van der Waals surface area contributed by atoms with Crippen molar-refractivity contribution in [3.05, 3.63) is 23.3 Å². The van der Waals surface area contributed by atoms with E-state index in [1.165, 1.54) is 12.2 Å². The fourth-order valence-corrected chi connectivity index (χ4v) is 2.97. The predicted molar refractivity (Wildman–Crippen MR) is 69.9 cm³/mol. The van der Waals surface area contributed by atoms with Crippen LogP contribution in [-0.4, -0.2) is 44.3 Å². The molecule has 4 N–H and O–H groups in total. The maximum absolute atomic E-state index is 11.2. The van der Waals surface area contributed by atoms with Crippen LogP contribution >= 0.6 is 0 Å². The van der Waals surface area contributed by atoms with Crippen LogP contribution in [-0.2, 0) is 19.2 Å². The first-order valence-electron chi connectivity index (χ1n) is 6.55. The number of carboxylic acid groups (broad SMARTS) is 4. The molecule has 0 aromatic rings. The van der Waals surface area contributed by atoms with Crippen LogP contribution < -0.4 is 0 Å². The summed E-state index contributed by atoms with van der Waals surface area (Å²) in [7, 11) is 0. The van der Waals surface area contributed by atoms with Crippen LogP contribution in [0.25, 0.3) is 0 Å². The van der Waals surface area contributed by atoms with Gasteiger partial charge in [0.25, 0.3) is 0 Å². The average molecular weight is 310 g/mol. The van der Waals surface area contributed by atoms with Crippen molar-refractivity contribution < 1.29 is 39.6 Å². The smallest absolute Gasteiger partial charge is 0.311 e. The third-order valence-corrected chi connectivity index (χ3v) is 4.13. The van der Waals surface area contributed by atoms with E-state index in [9.17, 15) is 19.2 Å². The van der Waals surface area contributed by atoms with Crippen molar-refractivity contribution in [2.24, 2.45) is 23.7 Å². The molecule has 2 rings (SSSR count). The molecule has 4 unspecified atom stereocenters. The van der Waals surface area contributed by atoms with Gasteiger partial charge in [-0.1, -0.05) is 12.2 Å². The van der Waals surface area contributed by atoms with E-state index in [4.69, 9.17) is 20.4 Å². The zero-order valence-electron chi connectivity index (χ0n) is 11.3. The monoisotopic (exact) mass is 310 g/mol. The molecule has 0 bridgehead atoms. The van der Waals surface area contributed by atoms with Crippen LogP contribution in [0.5, 0.6) is 0 Å².